The van der Waals surface area contributed by atoms with E-state index in [4.69, 9.17) is 0 Å². The third-order valence-electron chi connectivity index (χ3n) is 1.68. The highest BCUT2D eigenvalue weighted by Gasteiger charge is 2.24. The quantitative estimate of drug-likeness (QED) is 0.662. The predicted molar refractivity (Wildman–Crippen MR) is 62.3 cm³/mol. The molecule has 0 atom stereocenters. The Hall–Kier alpha value is 0.420. The summed E-state index contributed by atoms with van der Waals surface area (Å²) in [5.74, 6) is 0. The molecule has 0 N–H and O–H groups in total. The van der Waals surface area contributed by atoms with Crippen molar-refractivity contribution < 1.29 is 0 Å². The number of aromatic nitrogens is 2. The van der Waals surface area contributed by atoms with E-state index in [-0.39, 0.29) is 5.41 Å². The summed E-state index contributed by atoms with van der Waals surface area (Å²) in [7, 11) is 1.96. The van der Waals surface area contributed by atoms with E-state index in [1.54, 1.807) is 0 Å². The molecular weight excluding hydrogens is 331 g/mol. The minimum absolute atomic E-state index is 0.156. The van der Waals surface area contributed by atoms with Gasteiger partial charge in [0.05, 0.1) is 0 Å². The highest BCUT2D eigenvalue weighted by molar-refractivity contribution is 14.1. The van der Waals surface area contributed by atoms with Crippen molar-refractivity contribution in [2.45, 2.75) is 26.2 Å². The number of halogens is 2. The molecule has 0 aliphatic rings. The predicted octanol–water partition coefficient (Wildman–Crippen LogP) is 3.08. The molecule has 0 aromatic carbocycles. The molecule has 0 bridgehead atoms. The molecule has 2 nitrogen and oxygen atoms in total. The third kappa shape index (κ3) is 1.84. The topological polar surface area (TPSA) is 17.8 Å². The minimum Gasteiger partial charge on any atom is -0.261 e. The molecule has 0 aliphatic heterocycles. The van der Waals surface area contributed by atoms with Gasteiger partial charge in [-0.15, -0.1) is 0 Å². The molecule has 1 heterocycles. The Balaban J connectivity index is 3.32. The van der Waals surface area contributed by atoms with Crippen molar-refractivity contribution in [1.82, 2.24) is 9.78 Å². The molecule has 0 aliphatic carbocycles. The number of nitrogens with zero attached hydrogens (tertiary/aromatic N) is 2. The number of aryl methyl sites for hydroxylation is 1. The average molecular weight is 343 g/mol. The molecule has 0 saturated heterocycles. The first kappa shape index (κ1) is 10.5. The van der Waals surface area contributed by atoms with Crippen molar-refractivity contribution in [3.05, 3.63) is 13.9 Å². The van der Waals surface area contributed by atoms with Crippen molar-refractivity contribution in [2.75, 3.05) is 0 Å². The lowest BCUT2D eigenvalue weighted by Gasteiger charge is -2.17. The highest BCUT2D eigenvalue weighted by atomic mass is 127. The van der Waals surface area contributed by atoms with Crippen LogP contribution in [0.4, 0.5) is 0 Å². The lowest BCUT2D eigenvalue weighted by molar-refractivity contribution is 0.582. The van der Waals surface area contributed by atoms with E-state index in [1.807, 2.05) is 11.7 Å². The van der Waals surface area contributed by atoms with Crippen LogP contribution in [0.15, 0.2) is 4.60 Å². The number of rotatable bonds is 0. The molecule has 0 amide bonds. The first-order valence-electron chi connectivity index (χ1n) is 3.72. The normalized spacial score (nSPS) is 12.2. The van der Waals surface area contributed by atoms with Crippen molar-refractivity contribution in [3.63, 3.8) is 0 Å². The van der Waals surface area contributed by atoms with Gasteiger partial charge in [0, 0.05) is 12.6 Å². The van der Waals surface area contributed by atoms with Gasteiger partial charge in [-0.25, -0.2) is 0 Å². The summed E-state index contributed by atoms with van der Waals surface area (Å²) in [6.07, 6.45) is 0. The number of hydrogen-bond acceptors (Lipinski definition) is 1. The van der Waals surface area contributed by atoms with Gasteiger partial charge in [0.1, 0.15) is 8.30 Å². The van der Waals surface area contributed by atoms with E-state index in [1.165, 1.54) is 9.26 Å². The van der Waals surface area contributed by atoms with Crippen molar-refractivity contribution >= 4 is 38.5 Å². The summed E-state index contributed by atoms with van der Waals surface area (Å²) in [5.41, 5.74) is 1.44. The molecule has 1 aromatic heterocycles. The number of hydrogen-bond donors (Lipinski definition) is 0. The van der Waals surface area contributed by atoms with E-state index in [0.29, 0.717) is 0 Å². The van der Waals surface area contributed by atoms with Gasteiger partial charge >= 0.3 is 0 Å². The molecule has 1 aromatic rings. The summed E-state index contributed by atoms with van der Waals surface area (Å²) >= 11 is 5.79. The summed E-state index contributed by atoms with van der Waals surface area (Å²) in [6.45, 7) is 6.57. The average Bonchev–Trinajstić information content (AvgIpc) is 2.05. The standard InChI is InChI=1S/C8H12BrIN2/c1-8(2,3)5-6(9)11-12(4)7(5)10/h1-4H3. The lowest BCUT2D eigenvalue weighted by atomic mass is 9.90. The van der Waals surface area contributed by atoms with Crippen LogP contribution in [-0.2, 0) is 12.5 Å². The fourth-order valence-corrected chi connectivity index (χ4v) is 3.65. The van der Waals surface area contributed by atoms with Crippen LogP contribution in [0.25, 0.3) is 0 Å². The van der Waals surface area contributed by atoms with Crippen LogP contribution in [0.1, 0.15) is 26.3 Å². The van der Waals surface area contributed by atoms with Crippen LogP contribution in [-0.4, -0.2) is 9.78 Å². The molecule has 0 unspecified atom stereocenters. The highest BCUT2D eigenvalue weighted by Crippen LogP contribution is 2.32. The second kappa shape index (κ2) is 3.29. The fraction of sp³-hybridized carbons (Fsp3) is 0.625. The Morgan fingerprint density at radius 1 is 1.42 bits per heavy atom. The zero-order chi connectivity index (χ0) is 9.52. The summed E-state index contributed by atoms with van der Waals surface area (Å²) in [5, 5.41) is 4.30. The SMILES string of the molecule is Cn1nc(Br)c(C(C)(C)C)c1I. The van der Waals surface area contributed by atoms with Crippen molar-refractivity contribution in [2.24, 2.45) is 7.05 Å². The summed E-state index contributed by atoms with van der Waals surface area (Å²) in [6, 6.07) is 0. The molecule has 4 heteroatoms. The van der Waals surface area contributed by atoms with Crippen LogP contribution >= 0.6 is 38.5 Å². The van der Waals surface area contributed by atoms with E-state index < -0.39 is 0 Å². The van der Waals surface area contributed by atoms with E-state index in [9.17, 15) is 0 Å². The molecule has 1 rings (SSSR count). The maximum atomic E-state index is 4.30. The van der Waals surface area contributed by atoms with E-state index in [0.717, 1.165) is 4.60 Å². The van der Waals surface area contributed by atoms with Gasteiger partial charge in [-0.2, -0.15) is 5.10 Å². The molecule has 0 fully saturated rings. The molecule has 0 saturated carbocycles. The zero-order valence-corrected chi connectivity index (χ0v) is 11.4. The maximum Gasteiger partial charge on any atom is 0.132 e. The Morgan fingerprint density at radius 3 is 2.08 bits per heavy atom. The van der Waals surface area contributed by atoms with Gasteiger partial charge in [-0.1, -0.05) is 20.8 Å². The lowest BCUT2D eigenvalue weighted by Crippen LogP contribution is -2.13. The Kier molecular flexibility index (Phi) is 2.88. The van der Waals surface area contributed by atoms with Crippen molar-refractivity contribution in [1.29, 1.82) is 0 Å². The molecule has 0 spiro atoms. The third-order valence-corrected chi connectivity index (χ3v) is 3.48. The molecule has 12 heavy (non-hydrogen) atoms. The van der Waals surface area contributed by atoms with Crippen LogP contribution in [0.5, 0.6) is 0 Å². The second-order valence-electron chi connectivity index (χ2n) is 3.83. The molecular formula is C8H12BrIN2. The van der Waals surface area contributed by atoms with Gasteiger partial charge < -0.3 is 0 Å². The maximum absolute atomic E-state index is 4.30. The summed E-state index contributed by atoms with van der Waals surface area (Å²) < 4.78 is 4.06. The van der Waals surface area contributed by atoms with Gasteiger partial charge in [-0.3, -0.25) is 4.68 Å². The van der Waals surface area contributed by atoms with E-state index in [2.05, 4.69) is 64.4 Å². The van der Waals surface area contributed by atoms with Crippen molar-refractivity contribution in [3.8, 4) is 0 Å². The fourth-order valence-electron chi connectivity index (χ4n) is 1.09. The van der Waals surface area contributed by atoms with Crippen LogP contribution in [0.3, 0.4) is 0 Å². The smallest absolute Gasteiger partial charge is 0.132 e. The van der Waals surface area contributed by atoms with Crippen LogP contribution < -0.4 is 0 Å². The first-order valence-corrected chi connectivity index (χ1v) is 5.59. The Bertz CT molecular complexity index is 299. The van der Waals surface area contributed by atoms with Gasteiger partial charge in [0.15, 0.2) is 0 Å². The second-order valence-corrected chi connectivity index (χ2v) is 5.60. The van der Waals surface area contributed by atoms with Crippen LogP contribution in [0, 0.1) is 3.70 Å². The summed E-state index contributed by atoms with van der Waals surface area (Å²) in [4.78, 5) is 0. The Morgan fingerprint density at radius 2 is 1.92 bits per heavy atom. The molecule has 68 valence electrons. The monoisotopic (exact) mass is 342 g/mol. The van der Waals surface area contributed by atoms with Crippen LogP contribution in [0.2, 0.25) is 0 Å². The van der Waals surface area contributed by atoms with Gasteiger partial charge in [-0.05, 0) is 43.9 Å². The van der Waals surface area contributed by atoms with E-state index >= 15 is 0 Å². The van der Waals surface area contributed by atoms with Gasteiger partial charge in [0.2, 0.25) is 0 Å². The minimum atomic E-state index is 0.156. The van der Waals surface area contributed by atoms with Gasteiger partial charge in [0.25, 0.3) is 0 Å². The first-order chi connectivity index (χ1) is 5.34. The molecule has 0 radical (unpaired) electrons. The Labute approximate surface area is 95.0 Å². The largest absolute Gasteiger partial charge is 0.261 e. The zero-order valence-electron chi connectivity index (χ0n) is 7.65.